The molecule has 1 heterocycles. The zero-order valence-electron chi connectivity index (χ0n) is 8.74. The Labute approximate surface area is 98.3 Å². The molecule has 1 aromatic rings. The van der Waals surface area contributed by atoms with Crippen molar-refractivity contribution in [3.05, 3.63) is 28.5 Å². The number of nitrogens with zero attached hydrogens (tertiary/aromatic N) is 1. The summed E-state index contributed by atoms with van der Waals surface area (Å²) in [6.45, 7) is 3.38. The van der Waals surface area contributed by atoms with Gasteiger partial charge in [0.1, 0.15) is 0 Å². The van der Waals surface area contributed by atoms with Crippen molar-refractivity contribution >= 4 is 15.9 Å². The van der Waals surface area contributed by atoms with Gasteiger partial charge in [0.2, 0.25) is 0 Å². The zero-order valence-corrected chi connectivity index (χ0v) is 10.3. The van der Waals surface area contributed by atoms with E-state index in [0.717, 1.165) is 23.1 Å². The fourth-order valence-electron chi connectivity index (χ4n) is 1.20. The summed E-state index contributed by atoms with van der Waals surface area (Å²) in [5, 5.41) is 0. The Kier molecular flexibility index (Phi) is 5.78. The molecule has 1 aromatic heterocycles. The van der Waals surface area contributed by atoms with Crippen LogP contribution < -0.4 is 11.3 Å². The molecule has 0 bridgehead atoms. The molecule has 4 nitrogen and oxygen atoms in total. The topological polar surface area (TPSA) is 60.2 Å². The maximum Gasteiger partial charge on any atom is 0.0709 e. The SMILES string of the molecule is CCCOCC(NN)c1cncc(Br)c1. The summed E-state index contributed by atoms with van der Waals surface area (Å²) in [5.74, 6) is 5.46. The number of nitrogens with one attached hydrogen (secondary N) is 1. The predicted molar refractivity (Wildman–Crippen MR) is 63.1 cm³/mol. The molecule has 0 aliphatic carbocycles. The molecule has 1 unspecified atom stereocenters. The number of hydrogen-bond acceptors (Lipinski definition) is 4. The summed E-state index contributed by atoms with van der Waals surface area (Å²) in [5.41, 5.74) is 3.74. The molecule has 0 aliphatic heterocycles. The lowest BCUT2D eigenvalue weighted by Gasteiger charge is -2.16. The predicted octanol–water partition coefficient (Wildman–Crippen LogP) is 1.78. The number of pyridine rings is 1. The molecule has 5 heteroatoms. The molecule has 0 fully saturated rings. The van der Waals surface area contributed by atoms with Gasteiger partial charge in [-0.05, 0) is 34.0 Å². The van der Waals surface area contributed by atoms with Crippen LogP contribution in [0.5, 0.6) is 0 Å². The number of hydrazine groups is 1. The monoisotopic (exact) mass is 273 g/mol. The van der Waals surface area contributed by atoms with Crippen LogP contribution in [-0.4, -0.2) is 18.2 Å². The quantitative estimate of drug-likeness (QED) is 0.471. The van der Waals surface area contributed by atoms with Gasteiger partial charge in [0, 0.05) is 23.5 Å². The average molecular weight is 274 g/mol. The number of rotatable bonds is 6. The summed E-state index contributed by atoms with van der Waals surface area (Å²) < 4.78 is 6.39. The largest absolute Gasteiger partial charge is 0.379 e. The van der Waals surface area contributed by atoms with E-state index < -0.39 is 0 Å². The zero-order chi connectivity index (χ0) is 11.1. The minimum absolute atomic E-state index is 0.0125. The van der Waals surface area contributed by atoms with Gasteiger partial charge in [0.25, 0.3) is 0 Å². The molecule has 84 valence electrons. The summed E-state index contributed by atoms with van der Waals surface area (Å²) in [6.07, 6.45) is 4.53. The van der Waals surface area contributed by atoms with Gasteiger partial charge in [0.05, 0.1) is 12.6 Å². The minimum atomic E-state index is -0.0125. The molecule has 0 radical (unpaired) electrons. The van der Waals surface area contributed by atoms with Crippen molar-refractivity contribution in [3.8, 4) is 0 Å². The Morgan fingerprint density at radius 3 is 3.00 bits per heavy atom. The summed E-state index contributed by atoms with van der Waals surface area (Å²) >= 11 is 3.37. The van der Waals surface area contributed by atoms with Crippen LogP contribution in [0.15, 0.2) is 22.9 Å². The summed E-state index contributed by atoms with van der Waals surface area (Å²) in [6, 6.07) is 1.97. The van der Waals surface area contributed by atoms with E-state index in [0.29, 0.717) is 6.61 Å². The van der Waals surface area contributed by atoms with E-state index in [1.54, 1.807) is 12.4 Å². The third-order valence-electron chi connectivity index (χ3n) is 1.96. The van der Waals surface area contributed by atoms with E-state index >= 15 is 0 Å². The smallest absolute Gasteiger partial charge is 0.0709 e. The molecule has 0 spiro atoms. The van der Waals surface area contributed by atoms with Crippen LogP contribution in [0.4, 0.5) is 0 Å². The van der Waals surface area contributed by atoms with Gasteiger partial charge in [-0.1, -0.05) is 6.92 Å². The fraction of sp³-hybridized carbons (Fsp3) is 0.500. The number of ether oxygens (including phenoxy) is 1. The van der Waals surface area contributed by atoms with Crippen LogP contribution >= 0.6 is 15.9 Å². The molecule has 1 atom stereocenters. The Morgan fingerprint density at radius 2 is 2.40 bits per heavy atom. The highest BCUT2D eigenvalue weighted by molar-refractivity contribution is 9.10. The molecule has 15 heavy (non-hydrogen) atoms. The standard InChI is InChI=1S/C10H16BrN3O/c1-2-3-15-7-10(14-12)8-4-9(11)6-13-5-8/h4-6,10,14H,2-3,7,12H2,1H3. The highest BCUT2D eigenvalue weighted by Crippen LogP contribution is 2.16. The van der Waals surface area contributed by atoms with Crippen molar-refractivity contribution in [2.75, 3.05) is 13.2 Å². The molecule has 0 saturated carbocycles. The second-order valence-corrected chi connectivity index (χ2v) is 4.15. The third kappa shape index (κ3) is 4.25. The van der Waals surface area contributed by atoms with Crippen molar-refractivity contribution < 1.29 is 4.74 Å². The number of hydrogen-bond donors (Lipinski definition) is 2. The van der Waals surface area contributed by atoms with E-state index in [2.05, 4.69) is 33.3 Å². The van der Waals surface area contributed by atoms with Crippen molar-refractivity contribution in [1.29, 1.82) is 0 Å². The molecule has 3 N–H and O–H groups in total. The second kappa shape index (κ2) is 6.90. The molecular weight excluding hydrogens is 258 g/mol. The number of halogens is 1. The van der Waals surface area contributed by atoms with Gasteiger partial charge in [-0.2, -0.15) is 0 Å². The van der Waals surface area contributed by atoms with Crippen LogP contribution in [0, 0.1) is 0 Å². The van der Waals surface area contributed by atoms with E-state index in [1.165, 1.54) is 0 Å². The highest BCUT2D eigenvalue weighted by atomic mass is 79.9. The third-order valence-corrected chi connectivity index (χ3v) is 2.40. The van der Waals surface area contributed by atoms with Gasteiger partial charge < -0.3 is 4.74 Å². The molecule has 1 rings (SSSR count). The van der Waals surface area contributed by atoms with Gasteiger partial charge >= 0.3 is 0 Å². The van der Waals surface area contributed by atoms with Crippen molar-refractivity contribution in [3.63, 3.8) is 0 Å². The van der Waals surface area contributed by atoms with E-state index in [-0.39, 0.29) is 6.04 Å². The first-order valence-corrected chi connectivity index (χ1v) is 5.71. The van der Waals surface area contributed by atoms with Crippen LogP contribution in [0.2, 0.25) is 0 Å². The van der Waals surface area contributed by atoms with Crippen molar-refractivity contribution in [2.24, 2.45) is 5.84 Å². The van der Waals surface area contributed by atoms with Gasteiger partial charge in [-0.25, -0.2) is 0 Å². The summed E-state index contributed by atoms with van der Waals surface area (Å²) in [7, 11) is 0. The number of nitrogens with two attached hydrogens (primary N) is 1. The van der Waals surface area contributed by atoms with Crippen LogP contribution in [0.3, 0.4) is 0 Å². The minimum Gasteiger partial charge on any atom is -0.379 e. The Balaban J connectivity index is 2.57. The van der Waals surface area contributed by atoms with Crippen LogP contribution in [0.25, 0.3) is 0 Å². The molecule has 0 aromatic carbocycles. The van der Waals surface area contributed by atoms with E-state index in [9.17, 15) is 0 Å². The lowest BCUT2D eigenvalue weighted by molar-refractivity contribution is 0.112. The van der Waals surface area contributed by atoms with Crippen molar-refractivity contribution in [2.45, 2.75) is 19.4 Å². The maximum atomic E-state index is 5.46. The lowest BCUT2D eigenvalue weighted by atomic mass is 10.1. The van der Waals surface area contributed by atoms with Crippen LogP contribution in [0.1, 0.15) is 24.9 Å². The molecule has 0 aliphatic rings. The Morgan fingerprint density at radius 1 is 1.60 bits per heavy atom. The Hall–Kier alpha value is -0.490. The second-order valence-electron chi connectivity index (χ2n) is 3.23. The maximum absolute atomic E-state index is 5.46. The first kappa shape index (κ1) is 12.6. The van der Waals surface area contributed by atoms with E-state index in [1.807, 2.05) is 6.07 Å². The number of aromatic nitrogens is 1. The molecule has 0 amide bonds. The van der Waals surface area contributed by atoms with Gasteiger partial charge in [0.15, 0.2) is 0 Å². The first-order valence-electron chi connectivity index (χ1n) is 4.92. The molecule has 0 saturated heterocycles. The fourth-order valence-corrected chi connectivity index (χ4v) is 1.59. The summed E-state index contributed by atoms with van der Waals surface area (Å²) in [4.78, 5) is 4.08. The highest BCUT2D eigenvalue weighted by Gasteiger charge is 2.10. The van der Waals surface area contributed by atoms with Crippen LogP contribution in [-0.2, 0) is 4.74 Å². The van der Waals surface area contributed by atoms with Gasteiger partial charge in [-0.3, -0.25) is 16.3 Å². The van der Waals surface area contributed by atoms with Crippen molar-refractivity contribution in [1.82, 2.24) is 10.4 Å². The Bertz CT molecular complexity index is 296. The van der Waals surface area contributed by atoms with Gasteiger partial charge in [-0.15, -0.1) is 0 Å². The lowest BCUT2D eigenvalue weighted by Crippen LogP contribution is -2.31. The average Bonchev–Trinajstić information content (AvgIpc) is 2.24. The first-order chi connectivity index (χ1) is 7.27. The normalized spacial score (nSPS) is 12.7. The van der Waals surface area contributed by atoms with E-state index in [4.69, 9.17) is 10.6 Å². The molecular formula is C10H16BrN3O.